The van der Waals surface area contributed by atoms with Crippen LogP contribution in [-0.2, 0) is 7.05 Å². The van der Waals surface area contributed by atoms with E-state index in [0.29, 0.717) is 0 Å². The number of rotatable bonds is 2. The van der Waals surface area contributed by atoms with Crippen LogP contribution in [0, 0.1) is 0 Å². The van der Waals surface area contributed by atoms with Gasteiger partial charge in [-0.15, -0.1) is 10.2 Å². The molecule has 0 N–H and O–H groups in total. The first-order chi connectivity index (χ1) is 8.34. The molecule has 1 aromatic carbocycles. The van der Waals surface area contributed by atoms with E-state index < -0.39 is 0 Å². The largest absolute Gasteiger partial charge is 0.340 e. The number of hydrogen-bond donors (Lipinski definition) is 0. The van der Waals surface area contributed by atoms with Gasteiger partial charge in [0.05, 0.1) is 6.33 Å². The number of para-hydroxylation sites is 1. The molecule has 0 aliphatic heterocycles. The van der Waals surface area contributed by atoms with Gasteiger partial charge < -0.3 is 4.57 Å². The molecule has 0 unspecified atom stereocenters. The lowest BCUT2D eigenvalue weighted by Gasteiger charge is -2.03. The third kappa shape index (κ3) is 1.71. The maximum Gasteiger partial charge on any atom is 0.188 e. The van der Waals surface area contributed by atoms with E-state index >= 15 is 0 Å². The lowest BCUT2D eigenvalue weighted by Crippen LogP contribution is -1.95. The average molecular weight is 225 g/mol. The fourth-order valence-electron chi connectivity index (χ4n) is 1.72. The Labute approximate surface area is 98.4 Å². The predicted octanol–water partition coefficient (Wildman–Crippen LogP) is 1.67. The molecule has 3 aromatic rings. The standard InChI is InChI=1S/C12H11N5/c1-16-7-11(13-8-16)12-15-14-9-17(12)10-5-3-2-4-6-10/h2-9H,1H3. The molecular formula is C12H11N5. The Hall–Kier alpha value is -2.43. The van der Waals surface area contributed by atoms with Crippen molar-refractivity contribution in [3.05, 3.63) is 49.2 Å². The second-order valence-corrected chi connectivity index (χ2v) is 3.78. The molecular weight excluding hydrogens is 214 g/mol. The Balaban J connectivity index is 2.12. The normalized spacial score (nSPS) is 10.6. The molecule has 5 nitrogen and oxygen atoms in total. The maximum atomic E-state index is 4.28. The third-order valence-electron chi connectivity index (χ3n) is 2.52. The summed E-state index contributed by atoms with van der Waals surface area (Å²) >= 11 is 0. The van der Waals surface area contributed by atoms with Crippen LogP contribution in [0.25, 0.3) is 17.2 Å². The van der Waals surface area contributed by atoms with Gasteiger partial charge in [0.25, 0.3) is 0 Å². The van der Waals surface area contributed by atoms with Crippen LogP contribution in [0.15, 0.2) is 49.2 Å². The molecule has 0 aliphatic rings. The fourth-order valence-corrected chi connectivity index (χ4v) is 1.72. The minimum Gasteiger partial charge on any atom is -0.340 e. The van der Waals surface area contributed by atoms with Crippen molar-refractivity contribution >= 4 is 0 Å². The van der Waals surface area contributed by atoms with Crippen LogP contribution in [0.3, 0.4) is 0 Å². The van der Waals surface area contributed by atoms with Gasteiger partial charge in [-0.05, 0) is 12.1 Å². The van der Waals surface area contributed by atoms with Crippen molar-refractivity contribution in [1.82, 2.24) is 24.3 Å². The van der Waals surface area contributed by atoms with Gasteiger partial charge in [0.2, 0.25) is 0 Å². The van der Waals surface area contributed by atoms with Crippen molar-refractivity contribution < 1.29 is 0 Å². The molecule has 84 valence electrons. The van der Waals surface area contributed by atoms with Gasteiger partial charge in [-0.25, -0.2) is 4.98 Å². The van der Waals surface area contributed by atoms with Crippen molar-refractivity contribution in [3.8, 4) is 17.2 Å². The molecule has 2 aromatic heterocycles. The highest BCUT2D eigenvalue weighted by atomic mass is 15.3. The summed E-state index contributed by atoms with van der Waals surface area (Å²) in [6, 6.07) is 9.97. The number of hydrogen-bond acceptors (Lipinski definition) is 3. The van der Waals surface area contributed by atoms with Gasteiger partial charge in [0.15, 0.2) is 5.82 Å². The van der Waals surface area contributed by atoms with Crippen LogP contribution in [0.2, 0.25) is 0 Å². The van der Waals surface area contributed by atoms with E-state index in [4.69, 9.17) is 0 Å². The van der Waals surface area contributed by atoms with Gasteiger partial charge in [-0.2, -0.15) is 0 Å². The van der Waals surface area contributed by atoms with Crippen LogP contribution in [0.5, 0.6) is 0 Å². The summed E-state index contributed by atoms with van der Waals surface area (Å²) in [5.74, 6) is 0.747. The molecule has 0 bridgehead atoms. The zero-order valence-electron chi connectivity index (χ0n) is 9.35. The lowest BCUT2D eigenvalue weighted by molar-refractivity contribution is 0.913. The Bertz CT molecular complexity index is 623. The van der Waals surface area contributed by atoms with E-state index in [9.17, 15) is 0 Å². The summed E-state index contributed by atoms with van der Waals surface area (Å²) in [7, 11) is 1.93. The Morgan fingerprint density at radius 2 is 1.88 bits per heavy atom. The summed E-state index contributed by atoms with van der Waals surface area (Å²) in [6.07, 6.45) is 5.36. The van der Waals surface area contributed by atoms with Crippen LogP contribution in [-0.4, -0.2) is 24.3 Å². The van der Waals surface area contributed by atoms with Crippen molar-refractivity contribution in [2.45, 2.75) is 0 Å². The highest BCUT2D eigenvalue weighted by Crippen LogP contribution is 2.17. The number of imidazole rings is 1. The molecule has 0 aliphatic carbocycles. The van der Waals surface area contributed by atoms with Crippen LogP contribution >= 0.6 is 0 Å². The first-order valence-electron chi connectivity index (χ1n) is 5.28. The minimum absolute atomic E-state index is 0.747. The topological polar surface area (TPSA) is 48.5 Å². The van der Waals surface area contributed by atoms with Gasteiger partial charge in [-0.3, -0.25) is 4.57 Å². The van der Waals surface area contributed by atoms with Gasteiger partial charge in [0.1, 0.15) is 12.0 Å². The second-order valence-electron chi connectivity index (χ2n) is 3.78. The lowest BCUT2D eigenvalue weighted by atomic mass is 10.3. The Morgan fingerprint density at radius 3 is 2.59 bits per heavy atom. The molecule has 17 heavy (non-hydrogen) atoms. The van der Waals surface area contributed by atoms with Crippen molar-refractivity contribution in [1.29, 1.82) is 0 Å². The maximum absolute atomic E-state index is 4.28. The van der Waals surface area contributed by atoms with E-state index in [0.717, 1.165) is 17.2 Å². The Morgan fingerprint density at radius 1 is 1.06 bits per heavy atom. The Kier molecular flexibility index (Phi) is 2.22. The molecule has 0 spiro atoms. The highest BCUT2D eigenvalue weighted by molar-refractivity contribution is 5.52. The van der Waals surface area contributed by atoms with E-state index in [1.165, 1.54) is 0 Å². The summed E-state index contributed by atoms with van der Waals surface area (Å²) in [6.45, 7) is 0. The van der Waals surface area contributed by atoms with Crippen LogP contribution in [0.1, 0.15) is 0 Å². The van der Waals surface area contributed by atoms with Crippen LogP contribution in [0.4, 0.5) is 0 Å². The van der Waals surface area contributed by atoms with Crippen LogP contribution < -0.4 is 0 Å². The quantitative estimate of drug-likeness (QED) is 0.666. The molecule has 0 atom stereocenters. The smallest absolute Gasteiger partial charge is 0.188 e. The average Bonchev–Trinajstić information content (AvgIpc) is 2.98. The molecule has 0 saturated carbocycles. The predicted molar refractivity (Wildman–Crippen MR) is 63.6 cm³/mol. The summed E-state index contributed by atoms with van der Waals surface area (Å²) in [5.41, 5.74) is 1.84. The van der Waals surface area contributed by atoms with Gasteiger partial charge in [-0.1, -0.05) is 18.2 Å². The number of aryl methyl sites for hydroxylation is 1. The van der Waals surface area contributed by atoms with Gasteiger partial charge >= 0.3 is 0 Å². The monoisotopic (exact) mass is 225 g/mol. The van der Waals surface area contributed by atoms with Crippen molar-refractivity contribution in [2.24, 2.45) is 7.05 Å². The first-order valence-corrected chi connectivity index (χ1v) is 5.28. The number of benzene rings is 1. The SMILES string of the molecule is Cn1cnc(-c2nncn2-c2ccccc2)c1. The highest BCUT2D eigenvalue weighted by Gasteiger charge is 2.10. The molecule has 5 heteroatoms. The molecule has 3 rings (SSSR count). The molecule has 0 fully saturated rings. The number of aromatic nitrogens is 5. The second kappa shape index (κ2) is 3.86. The molecule has 0 radical (unpaired) electrons. The number of nitrogens with zero attached hydrogens (tertiary/aromatic N) is 5. The zero-order valence-corrected chi connectivity index (χ0v) is 9.35. The van der Waals surface area contributed by atoms with E-state index in [1.54, 1.807) is 12.7 Å². The summed E-state index contributed by atoms with van der Waals surface area (Å²) in [5, 5.41) is 8.06. The van der Waals surface area contributed by atoms with Crippen molar-refractivity contribution in [3.63, 3.8) is 0 Å². The summed E-state index contributed by atoms with van der Waals surface area (Å²) < 4.78 is 3.81. The third-order valence-corrected chi connectivity index (χ3v) is 2.52. The van der Waals surface area contributed by atoms with Gasteiger partial charge in [0, 0.05) is 18.9 Å². The fraction of sp³-hybridized carbons (Fsp3) is 0.0833. The van der Waals surface area contributed by atoms with E-state index in [-0.39, 0.29) is 0 Å². The molecule has 0 amide bonds. The van der Waals surface area contributed by atoms with E-state index in [2.05, 4.69) is 15.2 Å². The first kappa shape index (κ1) is 9.77. The molecule has 2 heterocycles. The van der Waals surface area contributed by atoms with E-state index in [1.807, 2.05) is 52.7 Å². The zero-order chi connectivity index (χ0) is 11.7. The van der Waals surface area contributed by atoms with Crippen molar-refractivity contribution in [2.75, 3.05) is 0 Å². The minimum atomic E-state index is 0.747. The summed E-state index contributed by atoms with van der Waals surface area (Å²) in [4.78, 5) is 4.28. The molecule has 0 saturated heterocycles.